The van der Waals surface area contributed by atoms with Gasteiger partial charge in [0.1, 0.15) is 0 Å². The van der Waals surface area contributed by atoms with Crippen molar-refractivity contribution >= 4 is 0 Å². The Hall–Kier alpha value is -1.60. The molecule has 0 bridgehead atoms. The van der Waals surface area contributed by atoms with Crippen molar-refractivity contribution in [3.05, 3.63) is 71.3 Å². The Morgan fingerprint density at radius 3 is 2.22 bits per heavy atom. The van der Waals surface area contributed by atoms with Crippen LogP contribution >= 0.6 is 0 Å². The van der Waals surface area contributed by atoms with E-state index in [4.69, 9.17) is 0 Å². The van der Waals surface area contributed by atoms with E-state index in [-0.39, 0.29) is 0 Å². The first-order valence-electron chi connectivity index (χ1n) is 6.57. The lowest BCUT2D eigenvalue weighted by Gasteiger charge is -2.14. The molecule has 2 rings (SSSR count). The maximum atomic E-state index is 3.56. The van der Waals surface area contributed by atoms with Gasteiger partial charge in [-0.3, -0.25) is 0 Å². The lowest BCUT2D eigenvalue weighted by molar-refractivity contribution is 0.545. The highest BCUT2D eigenvalue weighted by molar-refractivity contribution is 5.22. The third-order valence-corrected chi connectivity index (χ3v) is 3.16. The van der Waals surface area contributed by atoms with Gasteiger partial charge in [-0.1, -0.05) is 60.2 Å². The molecule has 2 aromatic rings. The van der Waals surface area contributed by atoms with Gasteiger partial charge in [0.2, 0.25) is 0 Å². The Labute approximate surface area is 110 Å². The molecule has 2 aromatic carbocycles. The Morgan fingerprint density at radius 1 is 0.889 bits per heavy atom. The Morgan fingerprint density at radius 2 is 1.56 bits per heavy atom. The van der Waals surface area contributed by atoms with Gasteiger partial charge in [-0.15, -0.1) is 0 Å². The molecule has 1 heteroatoms. The molecule has 0 saturated carbocycles. The third kappa shape index (κ3) is 4.01. The van der Waals surface area contributed by atoms with Crippen LogP contribution in [0.4, 0.5) is 0 Å². The fraction of sp³-hybridized carbons (Fsp3) is 0.294. The van der Waals surface area contributed by atoms with Crippen LogP contribution in [-0.4, -0.2) is 6.04 Å². The molecule has 94 valence electrons. The molecule has 0 fully saturated rings. The zero-order valence-electron chi connectivity index (χ0n) is 11.2. The monoisotopic (exact) mass is 239 g/mol. The highest BCUT2D eigenvalue weighted by Gasteiger charge is 2.02. The van der Waals surface area contributed by atoms with E-state index in [2.05, 4.69) is 73.8 Å². The van der Waals surface area contributed by atoms with Crippen molar-refractivity contribution in [3.63, 3.8) is 0 Å². The second-order valence-electron chi connectivity index (χ2n) is 4.96. The molecule has 1 atom stereocenters. The summed E-state index contributed by atoms with van der Waals surface area (Å²) < 4.78 is 0. The first-order valence-corrected chi connectivity index (χ1v) is 6.57. The fourth-order valence-electron chi connectivity index (χ4n) is 2.04. The summed E-state index contributed by atoms with van der Waals surface area (Å²) in [5.74, 6) is 0. The van der Waals surface area contributed by atoms with Gasteiger partial charge in [0.15, 0.2) is 0 Å². The molecule has 0 aliphatic carbocycles. The molecule has 1 nitrogen and oxygen atoms in total. The van der Waals surface area contributed by atoms with E-state index in [1.54, 1.807) is 0 Å². The highest BCUT2D eigenvalue weighted by atomic mass is 14.9. The minimum atomic E-state index is 0.493. The smallest absolute Gasteiger partial charge is 0.0208 e. The average Bonchev–Trinajstić information content (AvgIpc) is 2.40. The second-order valence-corrected chi connectivity index (χ2v) is 4.96. The standard InChI is InChI=1S/C17H21N/c1-14-8-10-16(11-9-14)12-15(2)18-13-17-6-4-3-5-7-17/h3-11,15,18H,12-13H2,1-2H3. The molecular weight excluding hydrogens is 218 g/mol. The van der Waals surface area contributed by atoms with Crippen LogP contribution in [0.2, 0.25) is 0 Å². The average molecular weight is 239 g/mol. The van der Waals surface area contributed by atoms with E-state index in [1.165, 1.54) is 16.7 Å². The van der Waals surface area contributed by atoms with Crippen LogP contribution in [0.3, 0.4) is 0 Å². The number of hydrogen-bond donors (Lipinski definition) is 1. The number of aryl methyl sites for hydroxylation is 1. The molecule has 0 heterocycles. The maximum Gasteiger partial charge on any atom is 0.0208 e. The van der Waals surface area contributed by atoms with Crippen molar-refractivity contribution in [3.8, 4) is 0 Å². The first kappa shape index (κ1) is 12.8. The van der Waals surface area contributed by atoms with Crippen molar-refractivity contribution in [2.24, 2.45) is 0 Å². The Bertz CT molecular complexity index is 459. The molecule has 0 amide bonds. The SMILES string of the molecule is Cc1ccc(CC(C)NCc2ccccc2)cc1. The van der Waals surface area contributed by atoms with Crippen molar-refractivity contribution in [2.75, 3.05) is 0 Å². The minimum Gasteiger partial charge on any atom is -0.310 e. The van der Waals surface area contributed by atoms with Crippen molar-refractivity contribution in [1.29, 1.82) is 0 Å². The second kappa shape index (κ2) is 6.36. The van der Waals surface area contributed by atoms with Crippen LogP contribution in [0.1, 0.15) is 23.6 Å². The van der Waals surface area contributed by atoms with E-state index < -0.39 is 0 Å². The molecule has 0 saturated heterocycles. The summed E-state index contributed by atoms with van der Waals surface area (Å²) in [6, 6.07) is 19.8. The summed E-state index contributed by atoms with van der Waals surface area (Å²) in [6.45, 7) is 5.30. The molecule has 0 aromatic heterocycles. The van der Waals surface area contributed by atoms with Crippen LogP contribution in [0.15, 0.2) is 54.6 Å². The molecule has 0 spiro atoms. The fourth-order valence-corrected chi connectivity index (χ4v) is 2.04. The van der Waals surface area contributed by atoms with Gasteiger partial charge in [0.25, 0.3) is 0 Å². The van der Waals surface area contributed by atoms with Gasteiger partial charge in [-0.2, -0.15) is 0 Å². The van der Waals surface area contributed by atoms with Crippen molar-refractivity contribution in [1.82, 2.24) is 5.32 Å². The summed E-state index contributed by atoms with van der Waals surface area (Å²) in [6.07, 6.45) is 1.08. The number of hydrogen-bond acceptors (Lipinski definition) is 1. The molecule has 1 N–H and O–H groups in total. The minimum absolute atomic E-state index is 0.493. The van der Waals surface area contributed by atoms with Gasteiger partial charge in [-0.05, 0) is 31.4 Å². The predicted octanol–water partition coefficient (Wildman–Crippen LogP) is 3.72. The lowest BCUT2D eigenvalue weighted by Crippen LogP contribution is -2.27. The summed E-state index contributed by atoms with van der Waals surface area (Å²) in [7, 11) is 0. The molecule has 1 unspecified atom stereocenters. The van der Waals surface area contributed by atoms with E-state index in [0.29, 0.717) is 6.04 Å². The van der Waals surface area contributed by atoms with Crippen LogP contribution in [0.5, 0.6) is 0 Å². The quantitative estimate of drug-likeness (QED) is 0.838. The van der Waals surface area contributed by atoms with Crippen LogP contribution in [0, 0.1) is 6.92 Å². The summed E-state index contributed by atoms with van der Waals surface area (Å²) in [4.78, 5) is 0. The molecule has 18 heavy (non-hydrogen) atoms. The normalized spacial score (nSPS) is 12.3. The van der Waals surface area contributed by atoms with E-state index >= 15 is 0 Å². The number of benzene rings is 2. The van der Waals surface area contributed by atoms with E-state index in [0.717, 1.165) is 13.0 Å². The van der Waals surface area contributed by atoms with Crippen LogP contribution < -0.4 is 5.32 Å². The highest BCUT2D eigenvalue weighted by Crippen LogP contribution is 2.06. The zero-order chi connectivity index (χ0) is 12.8. The van der Waals surface area contributed by atoms with Crippen LogP contribution in [0.25, 0.3) is 0 Å². The van der Waals surface area contributed by atoms with E-state index in [1.807, 2.05) is 0 Å². The number of rotatable bonds is 5. The summed E-state index contributed by atoms with van der Waals surface area (Å²) in [5.41, 5.74) is 4.06. The van der Waals surface area contributed by atoms with Gasteiger partial charge >= 0.3 is 0 Å². The first-order chi connectivity index (χ1) is 8.74. The third-order valence-electron chi connectivity index (χ3n) is 3.16. The van der Waals surface area contributed by atoms with Gasteiger partial charge < -0.3 is 5.32 Å². The molecule has 0 radical (unpaired) electrons. The van der Waals surface area contributed by atoms with Crippen molar-refractivity contribution < 1.29 is 0 Å². The molecule has 0 aliphatic rings. The van der Waals surface area contributed by atoms with Gasteiger partial charge in [-0.25, -0.2) is 0 Å². The maximum absolute atomic E-state index is 3.56. The predicted molar refractivity (Wildman–Crippen MR) is 77.6 cm³/mol. The largest absolute Gasteiger partial charge is 0.310 e. The molecule has 0 aliphatic heterocycles. The summed E-state index contributed by atoms with van der Waals surface area (Å²) in [5, 5.41) is 3.56. The zero-order valence-corrected chi connectivity index (χ0v) is 11.2. The summed E-state index contributed by atoms with van der Waals surface area (Å²) >= 11 is 0. The Kier molecular flexibility index (Phi) is 4.54. The Balaban J connectivity index is 1.82. The van der Waals surface area contributed by atoms with Crippen LogP contribution in [-0.2, 0) is 13.0 Å². The van der Waals surface area contributed by atoms with E-state index in [9.17, 15) is 0 Å². The van der Waals surface area contributed by atoms with Gasteiger partial charge in [0.05, 0.1) is 0 Å². The lowest BCUT2D eigenvalue weighted by atomic mass is 10.1. The number of nitrogens with one attached hydrogen (secondary N) is 1. The van der Waals surface area contributed by atoms with Gasteiger partial charge in [0, 0.05) is 12.6 Å². The van der Waals surface area contributed by atoms with Crippen molar-refractivity contribution in [2.45, 2.75) is 32.9 Å². The molecular formula is C17H21N. The topological polar surface area (TPSA) is 12.0 Å².